The van der Waals surface area contributed by atoms with Crippen molar-refractivity contribution in [3.05, 3.63) is 34.9 Å². The second-order valence-corrected chi connectivity index (χ2v) is 5.02. The molecule has 0 aliphatic carbocycles. The van der Waals surface area contributed by atoms with Gasteiger partial charge in [0.05, 0.1) is 5.92 Å². The molecule has 0 saturated heterocycles. The molecule has 0 saturated carbocycles. The van der Waals surface area contributed by atoms with Crippen molar-refractivity contribution in [1.29, 1.82) is 0 Å². The van der Waals surface area contributed by atoms with Gasteiger partial charge < -0.3 is 5.73 Å². The maximum atomic E-state index is 12.4. The second-order valence-electron chi connectivity index (χ2n) is 3.58. The van der Waals surface area contributed by atoms with Gasteiger partial charge in [-0.3, -0.25) is 0 Å². The number of hydrogen-bond acceptors (Lipinski definition) is 2. The smallest absolute Gasteiger partial charge is 0.330 e. The average Bonchev–Trinajstić information content (AvgIpc) is 2.25. The summed E-state index contributed by atoms with van der Waals surface area (Å²) in [7, 11) is 0. The number of halogens is 4. The van der Waals surface area contributed by atoms with E-state index in [2.05, 4.69) is 0 Å². The van der Waals surface area contributed by atoms with Gasteiger partial charge in [-0.15, -0.1) is 0 Å². The molecule has 1 aromatic carbocycles. The van der Waals surface area contributed by atoms with Gasteiger partial charge in [-0.25, -0.2) is 0 Å². The lowest BCUT2D eigenvalue weighted by atomic mass is 10.2. The van der Waals surface area contributed by atoms with Crippen molar-refractivity contribution in [2.24, 2.45) is 11.7 Å². The average molecular weight is 284 g/mol. The Balaban J connectivity index is 2.45. The van der Waals surface area contributed by atoms with Crippen LogP contribution in [0.25, 0.3) is 0 Å². The van der Waals surface area contributed by atoms with E-state index in [-0.39, 0.29) is 12.3 Å². The summed E-state index contributed by atoms with van der Waals surface area (Å²) in [6.07, 6.45) is -4.22. The van der Waals surface area contributed by atoms with Gasteiger partial charge in [0, 0.05) is 23.1 Å². The summed E-state index contributed by atoms with van der Waals surface area (Å²) in [5.41, 5.74) is 5.95. The van der Waals surface area contributed by atoms with Crippen molar-refractivity contribution < 1.29 is 13.2 Å². The summed E-state index contributed by atoms with van der Waals surface area (Å²) in [4.78, 5) is 0. The Labute approximate surface area is 108 Å². The Morgan fingerprint density at radius 2 is 1.94 bits per heavy atom. The van der Waals surface area contributed by atoms with Gasteiger partial charge in [-0.1, -0.05) is 29.8 Å². The molecule has 0 aliphatic heterocycles. The fourth-order valence-electron chi connectivity index (χ4n) is 1.22. The predicted octanol–water partition coefficient (Wildman–Crippen LogP) is 3.71. The van der Waals surface area contributed by atoms with E-state index in [0.29, 0.717) is 10.8 Å². The van der Waals surface area contributed by atoms with Gasteiger partial charge >= 0.3 is 6.18 Å². The molecule has 0 aromatic heterocycles. The second kappa shape index (κ2) is 6.52. The topological polar surface area (TPSA) is 26.0 Å². The van der Waals surface area contributed by atoms with Crippen molar-refractivity contribution >= 4 is 23.4 Å². The summed E-state index contributed by atoms with van der Waals surface area (Å²) in [6.45, 7) is -0.376. The highest BCUT2D eigenvalue weighted by molar-refractivity contribution is 7.98. The zero-order chi connectivity index (χ0) is 12.9. The van der Waals surface area contributed by atoms with Crippen LogP contribution in [-0.4, -0.2) is 18.5 Å². The number of rotatable bonds is 5. The first-order chi connectivity index (χ1) is 7.95. The third-order valence-electron chi connectivity index (χ3n) is 2.28. The molecule has 6 heteroatoms. The van der Waals surface area contributed by atoms with Gasteiger partial charge in [0.25, 0.3) is 0 Å². The van der Waals surface area contributed by atoms with E-state index in [1.165, 1.54) is 11.8 Å². The van der Waals surface area contributed by atoms with E-state index in [0.717, 1.165) is 5.56 Å². The molecule has 0 spiro atoms. The zero-order valence-electron chi connectivity index (χ0n) is 9.01. The molecule has 0 fully saturated rings. The summed E-state index contributed by atoms with van der Waals surface area (Å²) in [6, 6.07) is 7.13. The van der Waals surface area contributed by atoms with Crippen LogP contribution in [0, 0.1) is 5.92 Å². The molecule has 0 aliphatic rings. The highest BCUT2D eigenvalue weighted by Crippen LogP contribution is 2.30. The minimum absolute atomic E-state index is 0.0365. The van der Waals surface area contributed by atoms with Crippen molar-refractivity contribution in [1.82, 2.24) is 0 Å². The first-order valence-corrected chi connectivity index (χ1v) is 6.56. The van der Waals surface area contributed by atoms with Crippen molar-refractivity contribution in [2.75, 3.05) is 12.3 Å². The van der Waals surface area contributed by atoms with E-state index in [9.17, 15) is 13.2 Å². The number of thioether (sulfide) groups is 1. The van der Waals surface area contributed by atoms with E-state index in [4.69, 9.17) is 17.3 Å². The summed E-state index contributed by atoms with van der Waals surface area (Å²) < 4.78 is 37.2. The van der Waals surface area contributed by atoms with Crippen molar-refractivity contribution in [2.45, 2.75) is 11.9 Å². The van der Waals surface area contributed by atoms with E-state index in [1.807, 2.05) is 6.07 Å². The minimum Gasteiger partial charge on any atom is -0.330 e. The monoisotopic (exact) mass is 283 g/mol. The molecule has 17 heavy (non-hydrogen) atoms. The van der Waals surface area contributed by atoms with Gasteiger partial charge in [0.15, 0.2) is 0 Å². The normalized spacial score (nSPS) is 13.7. The molecular weight excluding hydrogens is 271 g/mol. The third-order valence-corrected chi connectivity index (χ3v) is 3.80. The predicted molar refractivity (Wildman–Crippen MR) is 66.2 cm³/mol. The van der Waals surface area contributed by atoms with Crippen LogP contribution in [0.15, 0.2) is 24.3 Å². The maximum Gasteiger partial charge on any atom is 0.393 e. The third kappa shape index (κ3) is 4.77. The fourth-order valence-corrected chi connectivity index (χ4v) is 2.70. The standard InChI is InChI=1S/C11H13ClF3NS/c12-10-4-2-1-3-8(10)6-17-7-9(5-16)11(13,14)15/h1-4,9H,5-7,16H2. The minimum atomic E-state index is -4.22. The van der Waals surface area contributed by atoms with Crippen LogP contribution in [0.2, 0.25) is 5.02 Å². The first kappa shape index (κ1) is 14.7. The molecule has 1 unspecified atom stereocenters. The van der Waals surface area contributed by atoms with Gasteiger partial charge in [-0.05, 0) is 11.6 Å². The van der Waals surface area contributed by atoms with Crippen LogP contribution in [0.4, 0.5) is 13.2 Å². The number of alkyl halides is 3. The molecule has 2 N–H and O–H groups in total. The van der Waals surface area contributed by atoms with Crippen LogP contribution in [0.1, 0.15) is 5.56 Å². The molecule has 0 heterocycles. The summed E-state index contributed by atoms with van der Waals surface area (Å²) >= 11 is 7.10. The highest BCUT2D eigenvalue weighted by Gasteiger charge is 2.38. The van der Waals surface area contributed by atoms with Crippen molar-refractivity contribution in [3.63, 3.8) is 0 Å². The van der Waals surface area contributed by atoms with Gasteiger partial charge in [0.2, 0.25) is 0 Å². The SMILES string of the molecule is NCC(CSCc1ccccc1Cl)C(F)(F)F. The molecule has 1 rings (SSSR count). The van der Waals surface area contributed by atoms with E-state index >= 15 is 0 Å². The first-order valence-electron chi connectivity index (χ1n) is 5.03. The molecule has 0 radical (unpaired) electrons. The van der Waals surface area contributed by atoms with Gasteiger partial charge in [0.1, 0.15) is 0 Å². The molecule has 1 aromatic rings. The summed E-state index contributed by atoms with van der Waals surface area (Å²) in [5.74, 6) is -1.02. The van der Waals surface area contributed by atoms with Crippen LogP contribution >= 0.6 is 23.4 Å². The number of hydrogen-bond donors (Lipinski definition) is 1. The molecule has 0 amide bonds. The largest absolute Gasteiger partial charge is 0.393 e. The van der Waals surface area contributed by atoms with Crippen LogP contribution in [0.3, 0.4) is 0 Å². The number of benzene rings is 1. The summed E-state index contributed by atoms with van der Waals surface area (Å²) in [5, 5.41) is 0.580. The van der Waals surface area contributed by atoms with Crippen LogP contribution < -0.4 is 5.73 Å². The Hall–Kier alpha value is -0.390. The van der Waals surface area contributed by atoms with E-state index < -0.39 is 12.1 Å². The van der Waals surface area contributed by atoms with Crippen molar-refractivity contribution in [3.8, 4) is 0 Å². The lowest BCUT2D eigenvalue weighted by Crippen LogP contribution is -2.32. The van der Waals surface area contributed by atoms with Crippen LogP contribution in [0.5, 0.6) is 0 Å². The Morgan fingerprint density at radius 3 is 2.47 bits per heavy atom. The Kier molecular flexibility index (Phi) is 5.62. The fraction of sp³-hybridized carbons (Fsp3) is 0.455. The van der Waals surface area contributed by atoms with E-state index in [1.54, 1.807) is 18.2 Å². The molecule has 1 atom stereocenters. The maximum absolute atomic E-state index is 12.4. The molecule has 1 nitrogen and oxygen atoms in total. The molecule has 96 valence electrons. The quantitative estimate of drug-likeness (QED) is 0.891. The lowest BCUT2D eigenvalue weighted by molar-refractivity contribution is -0.165. The lowest BCUT2D eigenvalue weighted by Gasteiger charge is -2.17. The molecule has 0 bridgehead atoms. The van der Waals surface area contributed by atoms with Gasteiger partial charge in [-0.2, -0.15) is 24.9 Å². The zero-order valence-corrected chi connectivity index (χ0v) is 10.6. The van der Waals surface area contributed by atoms with Crippen LogP contribution in [-0.2, 0) is 5.75 Å². The molecular formula is C11H13ClF3NS. The highest BCUT2D eigenvalue weighted by atomic mass is 35.5. The Bertz CT molecular complexity index is 357. The number of nitrogens with two attached hydrogens (primary N) is 1. The Morgan fingerprint density at radius 1 is 1.29 bits per heavy atom.